The highest BCUT2D eigenvalue weighted by Gasteiger charge is 2.34. The number of nitrogens with zero attached hydrogens (tertiary/aromatic N) is 1. The van der Waals surface area contributed by atoms with Gasteiger partial charge in [-0.3, -0.25) is 4.79 Å². The first-order valence-electron chi connectivity index (χ1n) is 6.05. The molecule has 1 aliphatic carbocycles. The van der Waals surface area contributed by atoms with Crippen LogP contribution in [0.3, 0.4) is 0 Å². The number of hydrogen-bond donors (Lipinski definition) is 0. The number of fused-ring (bicyclic) bond motifs is 3. The van der Waals surface area contributed by atoms with Crippen molar-refractivity contribution < 1.29 is 9.32 Å². The van der Waals surface area contributed by atoms with Crippen molar-refractivity contribution in [3.63, 3.8) is 0 Å². The molecule has 0 atom stereocenters. The van der Waals surface area contributed by atoms with Crippen LogP contribution in [0.4, 0.5) is 0 Å². The first-order valence-corrected chi connectivity index (χ1v) is 6.05. The summed E-state index contributed by atoms with van der Waals surface area (Å²) in [5.41, 5.74) is 3.62. The van der Waals surface area contributed by atoms with E-state index < -0.39 is 0 Å². The SMILES string of the molecule is O=C1c2ccccc2-c2onc(-c3ccccc3)c21. The van der Waals surface area contributed by atoms with E-state index in [1.54, 1.807) is 0 Å². The van der Waals surface area contributed by atoms with Crippen LogP contribution >= 0.6 is 0 Å². The Hall–Kier alpha value is -2.68. The Labute approximate surface area is 109 Å². The molecule has 0 N–H and O–H groups in total. The largest absolute Gasteiger partial charge is 0.355 e. The summed E-state index contributed by atoms with van der Waals surface area (Å²) < 4.78 is 5.39. The van der Waals surface area contributed by atoms with E-state index in [4.69, 9.17) is 4.52 Å². The third kappa shape index (κ3) is 1.32. The van der Waals surface area contributed by atoms with Gasteiger partial charge in [-0.2, -0.15) is 0 Å². The second-order valence-corrected chi connectivity index (χ2v) is 4.48. The van der Waals surface area contributed by atoms with Crippen molar-refractivity contribution in [2.75, 3.05) is 0 Å². The fourth-order valence-corrected chi connectivity index (χ4v) is 2.49. The van der Waals surface area contributed by atoms with E-state index in [9.17, 15) is 4.79 Å². The number of hydrogen-bond acceptors (Lipinski definition) is 3. The lowest BCUT2D eigenvalue weighted by atomic mass is 10.0. The fraction of sp³-hybridized carbons (Fsp3) is 0. The molecule has 19 heavy (non-hydrogen) atoms. The molecule has 90 valence electrons. The summed E-state index contributed by atoms with van der Waals surface area (Å²) in [5, 5.41) is 4.06. The summed E-state index contributed by atoms with van der Waals surface area (Å²) >= 11 is 0. The Morgan fingerprint density at radius 3 is 2.32 bits per heavy atom. The lowest BCUT2D eigenvalue weighted by molar-refractivity contribution is 0.104. The van der Waals surface area contributed by atoms with Crippen LogP contribution in [0, 0.1) is 0 Å². The zero-order valence-corrected chi connectivity index (χ0v) is 9.96. The van der Waals surface area contributed by atoms with Gasteiger partial charge in [-0.25, -0.2) is 0 Å². The molecule has 1 aromatic heterocycles. The van der Waals surface area contributed by atoms with Crippen LogP contribution < -0.4 is 0 Å². The van der Waals surface area contributed by atoms with Crippen LogP contribution in [0.1, 0.15) is 15.9 Å². The van der Waals surface area contributed by atoms with Gasteiger partial charge in [0.2, 0.25) is 0 Å². The van der Waals surface area contributed by atoms with E-state index in [-0.39, 0.29) is 5.78 Å². The molecule has 4 rings (SSSR count). The molecule has 0 aliphatic heterocycles. The first kappa shape index (κ1) is 10.3. The third-order valence-corrected chi connectivity index (χ3v) is 3.38. The van der Waals surface area contributed by atoms with Gasteiger partial charge in [0.05, 0.1) is 5.56 Å². The second kappa shape index (κ2) is 3.65. The molecular formula is C16H9NO2. The summed E-state index contributed by atoms with van der Waals surface area (Å²) in [6.45, 7) is 0. The molecule has 3 nitrogen and oxygen atoms in total. The standard InChI is InChI=1S/C16H9NO2/c18-15-11-8-4-5-9-12(11)16-13(15)14(17-19-16)10-6-2-1-3-7-10/h1-9H. The van der Waals surface area contributed by atoms with Crippen molar-refractivity contribution in [3.05, 3.63) is 65.7 Å². The molecule has 0 spiro atoms. The fourth-order valence-electron chi connectivity index (χ4n) is 2.49. The number of rotatable bonds is 1. The summed E-state index contributed by atoms with van der Waals surface area (Å²) in [4.78, 5) is 12.4. The monoisotopic (exact) mass is 247 g/mol. The van der Waals surface area contributed by atoms with E-state index in [1.165, 1.54) is 0 Å². The van der Waals surface area contributed by atoms with E-state index in [1.807, 2.05) is 54.6 Å². The molecule has 3 aromatic rings. The average molecular weight is 247 g/mol. The van der Waals surface area contributed by atoms with Gasteiger partial charge in [-0.15, -0.1) is 0 Å². The maximum Gasteiger partial charge on any atom is 0.199 e. The van der Waals surface area contributed by atoms with Gasteiger partial charge in [0.15, 0.2) is 11.5 Å². The molecule has 3 heteroatoms. The van der Waals surface area contributed by atoms with Crippen LogP contribution in [-0.4, -0.2) is 10.9 Å². The highest BCUT2D eigenvalue weighted by atomic mass is 16.5. The molecule has 2 aromatic carbocycles. The molecule has 1 heterocycles. The van der Waals surface area contributed by atoms with E-state index in [0.717, 1.165) is 11.1 Å². The maximum absolute atomic E-state index is 12.4. The Kier molecular flexibility index (Phi) is 1.97. The van der Waals surface area contributed by atoms with Crippen molar-refractivity contribution in [2.24, 2.45) is 0 Å². The van der Waals surface area contributed by atoms with E-state index in [0.29, 0.717) is 22.6 Å². The second-order valence-electron chi connectivity index (χ2n) is 4.48. The summed E-state index contributed by atoms with van der Waals surface area (Å²) in [6, 6.07) is 17.1. The molecule has 0 unspecified atom stereocenters. The summed E-state index contributed by atoms with van der Waals surface area (Å²) in [7, 11) is 0. The molecule has 0 saturated heterocycles. The van der Waals surface area contributed by atoms with Gasteiger partial charge in [0.25, 0.3) is 0 Å². The van der Waals surface area contributed by atoms with E-state index >= 15 is 0 Å². The van der Waals surface area contributed by atoms with Crippen molar-refractivity contribution in [1.82, 2.24) is 5.16 Å². The minimum Gasteiger partial charge on any atom is -0.355 e. The minimum atomic E-state index is -0.00861. The Morgan fingerprint density at radius 1 is 0.842 bits per heavy atom. The van der Waals surface area contributed by atoms with Crippen molar-refractivity contribution in [1.29, 1.82) is 0 Å². The number of benzene rings is 2. The zero-order valence-electron chi connectivity index (χ0n) is 9.96. The van der Waals surface area contributed by atoms with Crippen molar-refractivity contribution in [2.45, 2.75) is 0 Å². The normalized spacial score (nSPS) is 12.3. The third-order valence-electron chi connectivity index (χ3n) is 3.38. The number of ketones is 1. The zero-order chi connectivity index (χ0) is 12.8. The average Bonchev–Trinajstić information content (AvgIpc) is 3.02. The first-order chi connectivity index (χ1) is 9.36. The lowest BCUT2D eigenvalue weighted by Gasteiger charge is -1.97. The molecule has 0 saturated carbocycles. The quantitative estimate of drug-likeness (QED) is 0.516. The maximum atomic E-state index is 12.4. The number of carbonyl (C=O) groups is 1. The van der Waals surface area contributed by atoms with Gasteiger partial charge in [-0.05, 0) is 0 Å². The van der Waals surface area contributed by atoms with Crippen LogP contribution in [0.2, 0.25) is 0 Å². The van der Waals surface area contributed by atoms with Gasteiger partial charge >= 0.3 is 0 Å². The topological polar surface area (TPSA) is 43.1 Å². The summed E-state index contributed by atoms with van der Waals surface area (Å²) in [6.07, 6.45) is 0. The predicted molar refractivity (Wildman–Crippen MR) is 70.8 cm³/mol. The van der Waals surface area contributed by atoms with Crippen molar-refractivity contribution in [3.8, 4) is 22.6 Å². The minimum absolute atomic E-state index is 0.00861. The molecule has 0 amide bonds. The number of carbonyl (C=O) groups excluding carboxylic acids is 1. The van der Waals surface area contributed by atoms with Gasteiger partial charge < -0.3 is 4.52 Å². The predicted octanol–water partition coefficient (Wildman–Crippen LogP) is 3.55. The van der Waals surface area contributed by atoms with Gasteiger partial charge in [-0.1, -0.05) is 59.8 Å². The Bertz CT molecular complexity index is 788. The van der Waals surface area contributed by atoms with E-state index in [2.05, 4.69) is 5.16 Å². The molecule has 1 aliphatic rings. The molecular weight excluding hydrogens is 238 g/mol. The van der Waals surface area contributed by atoms with Crippen molar-refractivity contribution >= 4 is 5.78 Å². The highest BCUT2D eigenvalue weighted by molar-refractivity contribution is 6.23. The van der Waals surface area contributed by atoms with Crippen LogP contribution in [0.5, 0.6) is 0 Å². The van der Waals surface area contributed by atoms with Crippen LogP contribution in [0.25, 0.3) is 22.6 Å². The molecule has 0 radical (unpaired) electrons. The smallest absolute Gasteiger partial charge is 0.199 e. The Morgan fingerprint density at radius 2 is 1.53 bits per heavy atom. The molecule has 0 fully saturated rings. The Balaban J connectivity index is 1.98. The number of aromatic nitrogens is 1. The van der Waals surface area contributed by atoms with Gasteiger partial charge in [0, 0.05) is 16.7 Å². The van der Waals surface area contributed by atoms with Crippen LogP contribution in [0.15, 0.2) is 59.1 Å². The van der Waals surface area contributed by atoms with Crippen LogP contribution in [-0.2, 0) is 0 Å². The molecule has 0 bridgehead atoms. The highest BCUT2D eigenvalue weighted by Crippen LogP contribution is 2.41. The van der Waals surface area contributed by atoms with Gasteiger partial charge in [0.1, 0.15) is 5.69 Å². The summed E-state index contributed by atoms with van der Waals surface area (Å²) in [5.74, 6) is 0.574. The lowest BCUT2D eigenvalue weighted by Crippen LogP contribution is -1.97.